The molecule has 1 aliphatic carbocycles. The molecule has 4 heteroatoms. The van der Waals surface area contributed by atoms with Crippen LogP contribution in [0.1, 0.15) is 57.4 Å². The zero-order valence-electron chi connectivity index (χ0n) is 16.3. The van der Waals surface area contributed by atoms with Crippen LogP contribution in [-0.4, -0.2) is 35.2 Å². The number of rotatable bonds is 4. The summed E-state index contributed by atoms with van der Waals surface area (Å²) in [7, 11) is 1.67. The van der Waals surface area contributed by atoms with Crippen LogP contribution in [-0.2, 0) is 13.0 Å². The lowest BCUT2D eigenvalue weighted by atomic mass is 9.91. The molecule has 2 atom stereocenters. The van der Waals surface area contributed by atoms with E-state index in [4.69, 9.17) is 4.74 Å². The van der Waals surface area contributed by atoms with Gasteiger partial charge >= 0.3 is 0 Å². The Labute approximate surface area is 160 Å². The largest absolute Gasteiger partial charge is 0.497 e. The smallest absolute Gasteiger partial charge is 0.254 e. The van der Waals surface area contributed by atoms with Gasteiger partial charge in [-0.1, -0.05) is 12.1 Å². The Morgan fingerprint density at radius 2 is 1.89 bits per heavy atom. The molecule has 1 N–H and O–H groups in total. The van der Waals surface area contributed by atoms with Crippen molar-refractivity contribution in [3.63, 3.8) is 0 Å². The van der Waals surface area contributed by atoms with Gasteiger partial charge in [0.05, 0.1) is 19.3 Å². The summed E-state index contributed by atoms with van der Waals surface area (Å²) in [4.78, 5) is 15.0. The third-order valence-electron chi connectivity index (χ3n) is 6.36. The zero-order chi connectivity index (χ0) is 19.1. The molecule has 2 aliphatic rings. The zero-order valence-corrected chi connectivity index (χ0v) is 16.3. The average Bonchev–Trinajstić information content (AvgIpc) is 3.23. The quantitative estimate of drug-likeness (QED) is 0.897. The lowest BCUT2D eigenvalue weighted by molar-refractivity contribution is 0.0479. The van der Waals surface area contributed by atoms with Crippen molar-refractivity contribution in [2.45, 2.75) is 58.2 Å². The number of aliphatic hydroxyl groups is 1. The molecule has 4 nitrogen and oxygen atoms in total. The number of benzene rings is 2. The van der Waals surface area contributed by atoms with Gasteiger partial charge in [-0.15, -0.1) is 0 Å². The van der Waals surface area contributed by atoms with Crippen molar-refractivity contribution >= 4 is 5.91 Å². The number of nitrogens with zero attached hydrogens (tertiary/aromatic N) is 1. The van der Waals surface area contributed by atoms with Gasteiger partial charge in [-0.25, -0.2) is 0 Å². The van der Waals surface area contributed by atoms with E-state index < -0.39 is 0 Å². The minimum absolute atomic E-state index is 0.0327. The van der Waals surface area contributed by atoms with Crippen molar-refractivity contribution in [2.24, 2.45) is 0 Å². The van der Waals surface area contributed by atoms with Crippen molar-refractivity contribution in [1.82, 2.24) is 4.90 Å². The lowest BCUT2D eigenvalue weighted by Crippen LogP contribution is -2.40. The van der Waals surface area contributed by atoms with Crippen LogP contribution in [0.4, 0.5) is 0 Å². The topological polar surface area (TPSA) is 49.8 Å². The summed E-state index contributed by atoms with van der Waals surface area (Å²) >= 11 is 0. The molecule has 1 fully saturated rings. The molecule has 0 saturated heterocycles. The number of ether oxygens (including phenoxy) is 1. The van der Waals surface area contributed by atoms with Crippen LogP contribution in [0.3, 0.4) is 0 Å². The molecular weight excluding hydrogens is 338 g/mol. The molecule has 142 valence electrons. The van der Waals surface area contributed by atoms with E-state index in [1.54, 1.807) is 7.11 Å². The summed E-state index contributed by atoms with van der Waals surface area (Å²) in [5.41, 5.74) is 6.81. The van der Waals surface area contributed by atoms with Crippen LogP contribution in [0, 0.1) is 13.8 Å². The van der Waals surface area contributed by atoms with Gasteiger partial charge in [-0.05, 0) is 85.5 Å². The second-order valence-corrected chi connectivity index (χ2v) is 7.84. The summed E-state index contributed by atoms with van der Waals surface area (Å²) in [5, 5.41) is 10.3. The highest BCUT2D eigenvalue weighted by atomic mass is 16.5. The van der Waals surface area contributed by atoms with Gasteiger partial charge in [0.15, 0.2) is 0 Å². The minimum atomic E-state index is -0.386. The van der Waals surface area contributed by atoms with E-state index in [-0.39, 0.29) is 18.1 Å². The highest BCUT2D eigenvalue weighted by Crippen LogP contribution is 2.36. The van der Waals surface area contributed by atoms with Crippen molar-refractivity contribution in [1.29, 1.82) is 0 Å². The average molecular weight is 365 g/mol. The molecule has 1 aliphatic heterocycles. The molecule has 2 aromatic carbocycles. The molecule has 2 aromatic rings. The van der Waals surface area contributed by atoms with E-state index in [1.165, 1.54) is 22.3 Å². The van der Waals surface area contributed by atoms with Crippen molar-refractivity contribution in [3.8, 4) is 5.75 Å². The third-order valence-corrected chi connectivity index (χ3v) is 6.36. The van der Waals surface area contributed by atoms with Gasteiger partial charge in [-0.3, -0.25) is 4.79 Å². The molecule has 0 bridgehead atoms. The second-order valence-electron chi connectivity index (χ2n) is 7.84. The first-order valence-electron chi connectivity index (χ1n) is 9.73. The first-order chi connectivity index (χ1) is 13.0. The maximum Gasteiger partial charge on any atom is 0.254 e. The minimum Gasteiger partial charge on any atom is -0.497 e. The number of hydrogen-bond donors (Lipinski definition) is 1. The number of fused-ring (bicyclic) bond motifs is 1. The number of carbonyl (C=O) groups excluding carboxylic acids is 1. The Balaban J connectivity index is 1.64. The van der Waals surface area contributed by atoms with Crippen LogP contribution < -0.4 is 4.74 Å². The summed E-state index contributed by atoms with van der Waals surface area (Å²) < 4.78 is 5.24. The van der Waals surface area contributed by atoms with Crippen molar-refractivity contribution < 1.29 is 14.6 Å². The molecular formula is C23H27NO3. The monoisotopic (exact) mass is 365 g/mol. The summed E-state index contributed by atoms with van der Waals surface area (Å²) in [6.45, 7) is 4.89. The Morgan fingerprint density at radius 1 is 1.15 bits per heavy atom. The van der Waals surface area contributed by atoms with Crippen molar-refractivity contribution in [3.05, 3.63) is 63.7 Å². The van der Waals surface area contributed by atoms with Crippen molar-refractivity contribution in [2.75, 3.05) is 7.11 Å². The van der Waals surface area contributed by atoms with E-state index in [0.717, 1.165) is 42.6 Å². The van der Waals surface area contributed by atoms with E-state index in [2.05, 4.69) is 32.0 Å². The molecule has 27 heavy (non-hydrogen) atoms. The van der Waals surface area contributed by atoms with Gasteiger partial charge in [0.1, 0.15) is 5.75 Å². The van der Waals surface area contributed by atoms with E-state index >= 15 is 0 Å². The number of aliphatic hydroxyl groups excluding tert-OH is 1. The number of amides is 1. The Morgan fingerprint density at radius 3 is 2.52 bits per heavy atom. The van der Waals surface area contributed by atoms with Gasteiger partial charge in [0.25, 0.3) is 5.91 Å². The predicted octanol–water partition coefficient (Wildman–Crippen LogP) is 3.77. The lowest BCUT2D eigenvalue weighted by Gasteiger charge is -2.26. The second kappa shape index (κ2) is 7.01. The van der Waals surface area contributed by atoms with Gasteiger partial charge in [0.2, 0.25) is 0 Å². The molecule has 1 amide bonds. The van der Waals surface area contributed by atoms with Gasteiger partial charge in [-0.2, -0.15) is 0 Å². The standard InChI is InChI=1S/C23H27NO3/c1-14-15(2)20-13-24(21-5-4-6-22(21)25)23(26)19(20)12-17(14)11-16-7-9-18(27-3)10-8-16/h7-10,12,21-22,25H,4-6,11,13H2,1-3H3. The Bertz CT molecular complexity index is 872. The fourth-order valence-electron chi connectivity index (χ4n) is 4.53. The highest BCUT2D eigenvalue weighted by molar-refractivity contribution is 5.99. The van der Waals surface area contributed by atoms with Crippen LogP contribution in [0.2, 0.25) is 0 Å². The molecule has 2 unspecified atom stereocenters. The molecule has 0 radical (unpaired) electrons. The fourth-order valence-corrected chi connectivity index (χ4v) is 4.53. The Kier molecular flexibility index (Phi) is 4.68. The fraction of sp³-hybridized carbons (Fsp3) is 0.435. The SMILES string of the molecule is COc1ccc(Cc2cc3c(c(C)c2C)CN(C2CCCC2O)C3=O)cc1. The molecule has 0 spiro atoms. The molecule has 0 aromatic heterocycles. The van der Waals surface area contributed by atoms with Crippen LogP contribution in [0.5, 0.6) is 5.75 Å². The summed E-state index contributed by atoms with van der Waals surface area (Å²) in [6.07, 6.45) is 3.10. The van der Waals surface area contributed by atoms with E-state index in [1.807, 2.05) is 17.0 Å². The van der Waals surface area contributed by atoms with Crippen LogP contribution in [0.25, 0.3) is 0 Å². The van der Waals surface area contributed by atoms with Gasteiger partial charge in [0, 0.05) is 12.1 Å². The molecule has 1 saturated carbocycles. The maximum atomic E-state index is 13.1. The predicted molar refractivity (Wildman–Crippen MR) is 105 cm³/mol. The maximum absolute atomic E-state index is 13.1. The summed E-state index contributed by atoms with van der Waals surface area (Å²) in [6, 6.07) is 10.1. The first kappa shape index (κ1) is 18.1. The van der Waals surface area contributed by atoms with Crippen LogP contribution >= 0.6 is 0 Å². The number of carbonyl (C=O) groups is 1. The first-order valence-corrected chi connectivity index (χ1v) is 9.73. The summed E-state index contributed by atoms with van der Waals surface area (Å²) in [5.74, 6) is 0.927. The highest BCUT2D eigenvalue weighted by Gasteiger charge is 2.39. The van der Waals surface area contributed by atoms with Crippen LogP contribution in [0.15, 0.2) is 30.3 Å². The van der Waals surface area contributed by atoms with E-state index in [0.29, 0.717) is 6.54 Å². The molecule has 4 rings (SSSR count). The Hall–Kier alpha value is -2.33. The number of methoxy groups -OCH3 is 1. The van der Waals surface area contributed by atoms with E-state index in [9.17, 15) is 9.90 Å². The number of hydrogen-bond acceptors (Lipinski definition) is 3. The molecule has 1 heterocycles. The third kappa shape index (κ3) is 3.12. The van der Waals surface area contributed by atoms with Gasteiger partial charge < -0.3 is 14.7 Å². The normalized spacial score (nSPS) is 21.6.